The number of carboxylic acids is 1. The summed E-state index contributed by atoms with van der Waals surface area (Å²) in [4.78, 5) is 24.5. The van der Waals surface area contributed by atoms with Crippen molar-refractivity contribution in [2.24, 2.45) is 0 Å². The summed E-state index contributed by atoms with van der Waals surface area (Å²) < 4.78 is 13.3. The highest BCUT2D eigenvalue weighted by atomic mass is 35.5. The van der Waals surface area contributed by atoms with Gasteiger partial charge in [0.05, 0.1) is 10.0 Å². The summed E-state index contributed by atoms with van der Waals surface area (Å²) in [7, 11) is 0. The lowest BCUT2D eigenvalue weighted by Gasteiger charge is -2.34. The predicted octanol–water partition coefficient (Wildman–Crippen LogP) is 3.85. The highest BCUT2D eigenvalue weighted by Gasteiger charge is 2.37. The van der Waals surface area contributed by atoms with E-state index in [1.165, 1.54) is 26.0 Å². The monoisotopic (exact) mass is 336 g/mol. The van der Waals surface area contributed by atoms with E-state index < -0.39 is 23.4 Å². The van der Waals surface area contributed by atoms with Crippen LogP contribution in [0.3, 0.4) is 0 Å². The van der Waals surface area contributed by atoms with Crippen molar-refractivity contribution in [2.45, 2.75) is 26.3 Å². The molecule has 2 N–H and O–H groups in total. The molecule has 0 heterocycles. The summed E-state index contributed by atoms with van der Waals surface area (Å²) in [6, 6.07) is 1.74. The molecule has 0 unspecified atom stereocenters. The normalized spacial score (nSPS) is 11.1. The van der Waals surface area contributed by atoms with E-state index >= 15 is 0 Å². The molecule has 0 saturated heterocycles. The summed E-state index contributed by atoms with van der Waals surface area (Å²) in [5.74, 6) is -1.93. The Labute approximate surface area is 131 Å². The number of halogens is 3. The minimum atomic E-state index is -1.40. The fourth-order valence-electron chi connectivity index (χ4n) is 1.73. The van der Waals surface area contributed by atoms with Crippen molar-refractivity contribution in [3.05, 3.63) is 28.0 Å². The molecule has 0 fully saturated rings. The second-order valence-corrected chi connectivity index (χ2v) is 5.61. The summed E-state index contributed by atoms with van der Waals surface area (Å²) in [5, 5.41) is 11.1. The van der Waals surface area contributed by atoms with Gasteiger partial charge in [-0.1, -0.05) is 23.2 Å². The maximum Gasteiger partial charge on any atom is 0.329 e. The van der Waals surface area contributed by atoms with Gasteiger partial charge in [-0.3, -0.25) is 0 Å². The standard InChI is InChI=1S/C13H15Cl2FN2O3/c1-4-18(13(2,3)11(19)20)12(21)17-7-5-8(14)10(16)9(15)6-7/h5-6H,4H2,1-3H3,(H,17,21)(H,19,20). The number of amides is 2. The van der Waals surface area contributed by atoms with Gasteiger partial charge in [-0.25, -0.2) is 14.0 Å². The molecule has 1 rings (SSSR count). The van der Waals surface area contributed by atoms with Crippen LogP contribution in [-0.4, -0.2) is 34.1 Å². The van der Waals surface area contributed by atoms with Crippen molar-refractivity contribution in [3.8, 4) is 0 Å². The van der Waals surface area contributed by atoms with Crippen LogP contribution in [0.1, 0.15) is 20.8 Å². The zero-order valence-electron chi connectivity index (χ0n) is 11.7. The first-order valence-corrected chi connectivity index (χ1v) is 6.83. The third-order valence-electron chi connectivity index (χ3n) is 2.99. The number of carboxylic acid groups (broad SMARTS) is 1. The van der Waals surface area contributed by atoms with Crippen LogP contribution in [0, 0.1) is 5.82 Å². The van der Waals surface area contributed by atoms with Gasteiger partial charge < -0.3 is 15.3 Å². The Morgan fingerprint density at radius 3 is 2.19 bits per heavy atom. The fourth-order valence-corrected chi connectivity index (χ4v) is 2.21. The van der Waals surface area contributed by atoms with E-state index in [1.54, 1.807) is 6.92 Å². The molecule has 1 aromatic carbocycles. The highest BCUT2D eigenvalue weighted by molar-refractivity contribution is 6.35. The van der Waals surface area contributed by atoms with Crippen molar-refractivity contribution in [1.29, 1.82) is 0 Å². The second-order valence-electron chi connectivity index (χ2n) is 4.79. The van der Waals surface area contributed by atoms with Gasteiger partial charge in [0.2, 0.25) is 0 Å². The van der Waals surface area contributed by atoms with Gasteiger partial charge in [0, 0.05) is 12.2 Å². The molecule has 0 saturated carbocycles. The molecule has 0 atom stereocenters. The number of rotatable bonds is 4. The van der Waals surface area contributed by atoms with E-state index in [4.69, 9.17) is 28.3 Å². The van der Waals surface area contributed by atoms with E-state index in [9.17, 15) is 14.0 Å². The van der Waals surface area contributed by atoms with Crippen molar-refractivity contribution in [1.82, 2.24) is 4.90 Å². The van der Waals surface area contributed by atoms with E-state index in [0.717, 1.165) is 4.90 Å². The number of nitrogens with one attached hydrogen (secondary N) is 1. The number of aliphatic carboxylic acids is 1. The lowest BCUT2D eigenvalue weighted by molar-refractivity contribution is -0.147. The number of hydrogen-bond donors (Lipinski definition) is 2. The molecule has 2 amide bonds. The van der Waals surface area contributed by atoms with Gasteiger partial charge in [0.25, 0.3) is 0 Å². The molecular formula is C13H15Cl2FN2O3. The van der Waals surface area contributed by atoms with E-state index in [2.05, 4.69) is 5.32 Å². The summed E-state index contributed by atoms with van der Waals surface area (Å²) in [6.07, 6.45) is 0. The van der Waals surface area contributed by atoms with Crippen LogP contribution in [0.15, 0.2) is 12.1 Å². The number of carbonyl (C=O) groups excluding carboxylic acids is 1. The Kier molecular flexibility index (Phi) is 5.42. The topological polar surface area (TPSA) is 69.6 Å². The van der Waals surface area contributed by atoms with Gasteiger partial charge in [-0.15, -0.1) is 0 Å². The maximum atomic E-state index is 13.3. The Morgan fingerprint density at radius 2 is 1.81 bits per heavy atom. The van der Waals surface area contributed by atoms with Crippen molar-refractivity contribution < 1.29 is 19.1 Å². The quantitative estimate of drug-likeness (QED) is 0.820. The molecule has 0 spiro atoms. The number of urea groups is 1. The third kappa shape index (κ3) is 3.77. The molecule has 0 aliphatic heterocycles. The van der Waals surface area contributed by atoms with Crippen LogP contribution in [0.2, 0.25) is 10.0 Å². The van der Waals surface area contributed by atoms with Crippen LogP contribution < -0.4 is 5.32 Å². The predicted molar refractivity (Wildman–Crippen MR) is 79.5 cm³/mol. The largest absolute Gasteiger partial charge is 0.480 e. The lowest BCUT2D eigenvalue weighted by Crippen LogP contribution is -2.54. The van der Waals surface area contributed by atoms with Gasteiger partial charge in [-0.05, 0) is 32.9 Å². The van der Waals surface area contributed by atoms with Crippen LogP contribution in [0.4, 0.5) is 14.9 Å². The smallest absolute Gasteiger partial charge is 0.329 e. The van der Waals surface area contributed by atoms with Gasteiger partial charge in [0.15, 0.2) is 5.82 Å². The average molecular weight is 337 g/mol. The number of carbonyl (C=O) groups is 2. The molecule has 21 heavy (non-hydrogen) atoms. The summed E-state index contributed by atoms with van der Waals surface area (Å²) in [6.45, 7) is 4.63. The summed E-state index contributed by atoms with van der Waals surface area (Å²) >= 11 is 11.3. The van der Waals surface area contributed by atoms with Crippen molar-refractivity contribution in [2.75, 3.05) is 11.9 Å². The lowest BCUT2D eigenvalue weighted by atomic mass is 10.0. The van der Waals surface area contributed by atoms with Crippen LogP contribution in [0.25, 0.3) is 0 Å². The number of benzene rings is 1. The molecule has 5 nitrogen and oxygen atoms in total. The van der Waals surface area contributed by atoms with E-state index in [-0.39, 0.29) is 22.3 Å². The molecular weight excluding hydrogens is 322 g/mol. The fraction of sp³-hybridized carbons (Fsp3) is 0.385. The molecule has 0 aliphatic rings. The zero-order valence-corrected chi connectivity index (χ0v) is 13.2. The molecule has 116 valence electrons. The number of likely N-dealkylation sites (N-methyl/N-ethyl adjacent to an activating group) is 1. The molecule has 0 aliphatic carbocycles. The molecule has 0 aromatic heterocycles. The van der Waals surface area contributed by atoms with Crippen molar-refractivity contribution in [3.63, 3.8) is 0 Å². The van der Waals surface area contributed by atoms with E-state index in [1.807, 2.05) is 0 Å². The Bertz CT molecular complexity index is 556. The van der Waals surface area contributed by atoms with Crippen LogP contribution in [0.5, 0.6) is 0 Å². The first-order chi connectivity index (χ1) is 9.61. The minimum Gasteiger partial charge on any atom is -0.480 e. The van der Waals surface area contributed by atoms with Gasteiger partial charge in [-0.2, -0.15) is 0 Å². The third-order valence-corrected chi connectivity index (χ3v) is 3.54. The second kappa shape index (κ2) is 6.49. The summed E-state index contributed by atoms with van der Waals surface area (Å²) in [5.41, 5.74) is -1.22. The first kappa shape index (κ1) is 17.5. The maximum absolute atomic E-state index is 13.3. The Balaban J connectivity index is 3.02. The minimum absolute atomic E-state index is 0.174. The molecule has 1 aromatic rings. The van der Waals surface area contributed by atoms with Crippen LogP contribution >= 0.6 is 23.2 Å². The first-order valence-electron chi connectivity index (χ1n) is 6.07. The highest BCUT2D eigenvalue weighted by Crippen LogP contribution is 2.28. The SMILES string of the molecule is CCN(C(=O)Nc1cc(Cl)c(F)c(Cl)c1)C(C)(C)C(=O)O. The Morgan fingerprint density at radius 1 is 1.33 bits per heavy atom. The van der Waals surface area contributed by atoms with Crippen LogP contribution in [-0.2, 0) is 4.79 Å². The van der Waals surface area contributed by atoms with E-state index in [0.29, 0.717) is 0 Å². The average Bonchev–Trinajstić information content (AvgIpc) is 2.36. The number of nitrogens with zero attached hydrogens (tertiary/aromatic N) is 1. The molecule has 0 radical (unpaired) electrons. The van der Waals surface area contributed by atoms with Gasteiger partial charge >= 0.3 is 12.0 Å². The molecule has 0 bridgehead atoms. The van der Waals surface area contributed by atoms with Gasteiger partial charge in [0.1, 0.15) is 5.54 Å². The zero-order chi connectivity index (χ0) is 16.4. The Hall–Kier alpha value is -1.53. The number of anilines is 1. The molecule has 8 heteroatoms. The number of hydrogen-bond acceptors (Lipinski definition) is 2. The van der Waals surface area contributed by atoms with Crippen molar-refractivity contribution >= 4 is 40.9 Å².